The number of carbonyl (C=O) groups excluding carboxylic acids is 1. The van der Waals surface area contributed by atoms with Crippen LogP contribution in [0.5, 0.6) is 0 Å². The van der Waals surface area contributed by atoms with Gasteiger partial charge in [-0.2, -0.15) is 0 Å². The summed E-state index contributed by atoms with van der Waals surface area (Å²) in [6.07, 6.45) is 2.62. The van der Waals surface area contributed by atoms with E-state index in [2.05, 4.69) is 10.3 Å². The molecule has 1 aromatic heterocycles. The Morgan fingerprint density at radius 1 is 0.814 bits per heavy atom. The number of carbonyl (C=O) groups is 4. The van der Waals surface area contributed by atoms with Crippen molar-refractivity contribution in [1.29, 1.82) is 0 Å². The smallest absolute Gasteiger partial charge is 0.336 e. The maximum absolute atomic E-state index is 12.5. The minimum atomic E-state index is -2.74. The normalized spacial score (nSPS) is 11.1. The van der Waals surface area contributed by atoms with Crippen molar-refractivity contribution in [2.75, 3.05) is 5.32 Å². The van der Waals surface area contributed by atoms with Crippen LogP contribution in [0.25, 0.3) is 17.0 Å². The lowest BCUT2D eigenvalue weighted by atomic mass is 9.96. The lowest BCUT2D eigenvalue weighted by molar-refractivity contribution is -0.170. The number of aromatic nitrogens is 1. The van der Waals surface area contributed by atoms with Crippen LogP contribution in [0.1, 0.15) is 28.8 Å². The van der Waals surface area contributed by atoms with Gasteiger partial charge in [-0.25, -0.2) is 4.79 Å². The van der Waals surface area contributed by atoms with Gasteiger partial charge in [0.05, 0.1) is 18.4 Å². The number of allylic oxidation sites excluding steroid dienone is 1. The van der Waals surface area contributed by atoms with Gasteiger partial charge in [-0.1, -0.05) is 40.9 Å². The summed E-state index contributed by atoms with van der Waals surface area (Å²) >= 11 is 18.1. The molecule has 0 radical (unpaired) electrons. The molecule has 0 bridgehead atoms. The molecule has 3 aromatic carbocycles. The van der Waals surface area contributed by atoms with E-state index in [1.165, 1.54) is 6.08 Å². The number of pyridine rings is 1. The van der Waals surface area contributed by atoms with Crippen LogP contribution in [0.3, 0.4) is 0 Å². The zero-order valence-electron chi connectivity index (χ0n) is 22.0. The Morgan fingerprint density at radius 2 is 1.42 bits per heavy atom. The minimum Gasteiger partial charge on any atom is -0.481 e. The summed E-state index contributed by atoms with van der Waals surface area (Å²) in [6.45, 7) is 0. The highest BCUT2D eigenvalue weighted by molar-refractivity contribution is 6.35. The molecule has 0 aliphatic heterocycles. The summed E-state index contributed by atoms with van der Waals surface area (Å²) in [6, 6.07) is 19.9. The Hall–Kier alpha value is -4.48. The number of hydrogen-bond acceptors (Lipinski definition) is 7. The highest BCUT2D eigenvalue weighted by Gasteiger charge is 2.40. The molecule has 0 amide bonds. The van der Waals surface area contributed by atoms with E-state index in [9.17, 15) is 19.2 Å². The molecule has 10 nitrogen and oxygen atoms in total. The van der Waals surface area contributed by atoms with Gasteiger partial charge in [0.2, 0.25) is 0 Å². The molecule has 5 N–H and O–H groups in total. The van der Waals surface area contributed by atoms with E-state index in [0.717, 1.165) is 27.8 Å². The van der Waals surface area contributed by atoms with Crippen LogP contribution in [0.2, 0.25) is 15.1 Å². The molecule has 1 heterocycles. The third kappa shape index (κ3) is 9.52. The van der Waals surface area contributed by atoms with E-state index in [1.807, 2.05) is 36.4 Å². The molecule has 0 aliphatic rings. The van der Waals surface area contributed by atoms with Crippen LogP contribution in [0.15, 0.2) is 79.0 Å². The summed E-state index contributed by atoms with van der Waals surface area (Å²) < 4.78 is 0. The molecular weight excluding hydrogens is 623 g/mol. The molecule has 13 heteroatoms. The number of hydrogen-bond donors (Lipinski definition) is 5. The third-order valence-electron chi connectivity index (χ3n) is 5.82. The fourth-order valence-corrected chi connectivity index (χ4v) is 4.35. The number of aliphatic hydroxyl groups is 1. The molecule has 0 fully saturated rings. The Kier molecular flexibility index (Phi) is 11.2. The molecule has 0 spiro atoms. The second kappa shape index (κ2) is 14.6. The number of anilines is 2. The van der Waals surface area contributed by atoms with Gasteiger partial charge in [0.1, 0.15) is 0 Å². The van der Waals surface area contributed by atoms with E-state index < -0.39 is 36.4 Å². The van der Waals surface area contributed by atoms with E-state index in [0.29, 0.717) is 20.6 Å². The zero-order chi connectivity index (χ0) is 31.7. The molecule has 0 atom stereocenters. The molecule has 4 rings (SSSR count). The fraction of sp³-hybridized carbons (Fsp3) is 0.100. The van der Waals surface area contributed by atoms with Gasteiger partial charge in [0.25, 0.3) is 0 Å². The van der Waals surface area contributed by atoms with Crippen LogP contribution < -0.4 is 5.32 Å². The van der Waals surface area contributed by atoms with Crippen LogP contribution in [0.4, 0.5) is 11.4 Å². The second-order valence-electron chi connectivity index (χ2n) is 9.06. The standard InChI is InChI=1S/C24H15Cl3N2O.C6H8O7/c25-17-5-1-15(21(27)13-17)4-10-24(30)16-2-7-19(8-3-16)29-22-11-12-28-23-14-18(26)6-9-20(22)23;7-3(8)1-6(13,5(11)12)2-4(9)10/h1-14H,(H,28,29);13H,1-2H2,(H,7,8)(H,9,10)(H,11,12)/b10-4+;. The number of fused-ring (bicyclic) bond motifs is 1. The number of rotatable bonds is 10. The van der Waals surface area contributed by atoms with Gasteiger partial charge in [-0.05, 0) is 78.4 Å². The van der Waals surface area contributed by atoms with Gasteiger partial charge < -0.3 is 25.7 Å². The number of carboxylic acids is 3. The Bertz CT molecular complexity index is 1690. The lowest BCUT2D eigenvalue weighted by Gasteiger charge is -2.18. The highest BCUT2D eigenvalue weighted by Crippen LogP contribution is 2.27. The maximum Gasteiger partial charge on any atom is 0.336 e. The molecule has 0 aliphatic carbocycles. The number of aliphatic carboxylic acids is 3. The van der Waals surface area contributed by atoms with Crippen molar-refractivity contribution in [2.45, 2.75) is 18.4 Å². The summed E-state index contributed by atoms with van der Waals surface area (Å²) in [5.74, 6) is -5.13. The van der Waals surface area contributed by atoms with Gasteiger partial charge in [0, 0.05) is 43.6 Å². The minimum absolute atomic E-state index is 0.114. The summed E-state index contributed by atoms with van der Waals surface area (Å²) in [7, 11) is 0. The lowest BCUT2D eigenvalue weighted by Crippen LogP contribution is -2.42. The summed E-state index contributed by atoms with van der Waals surface area (Å²) in [4.78, 5) is 47.3. The molecule has 43 heavy (non-hydrogen) atoms. The molecule has 4 aromatic rings. The van der Waals surface area contributed by atoms with Crippen molar-refractivity contribution in [3.63, 3.8) is 0 Å². The first-order valence-corrected chi connectivity index (χ1v) is 13.4. The van der Waals surface area contributed by atoms with Crippen molar-refractivity contribution in [3.05, 3.63) is 105 Å². The molecular formula is C30H23Cl3N2O8. The monoisotopic (exact) mass is 644 g/mol. The predicted octanol–water partition coefficient (Wildman–Crippen LogP) is 6.59. The van der Waals surface area contributed by atoms with E-state index >= 15 is 0 Å². The van der Waals surface area contributed by atoms with Crippen molar-refractivity contribution in [3.8, 4) is 0 Å². The SMILES string of the molecule is O=C(/C=C/c1ccc(Cl)cc1Cl)c1ccc(Nc2ccnc3cc(Cl)ccc23)cc1.O=C(O)CC(O)(CC(=O)O)C(=O)O. The maximum atomic E-state index is 12.5. The Morgan fingerprint density at radius 3 is 2.00 bits per heavy atom. The third-order valence-corrected chi connectivity index (χ3v) is 6.61. The largest absolute Gasteiger partial charge is 0.481 e. The highest BCUT2D eigenvalue weighted by atomic mass is 35.5. The van der Waals surface area contributed by atoms with E-state index in [4.69, 9.17) is 55.2 Å². The van der Waals surface area contributed by atoms with E-state index in [1.54, 1.807) is 42.6 Å². The van der Waals surface area contributed by atoms with Gasteiger partial charge in [-0.3, -0.25) is 19.4 Å². The number of nitrogens with one attached hydrogen (secondary N) is 1. The van der Waals surface area contributed by atoms with Crippen molar-refractivity contribution in [1.82, 2.24) is 4.98 Å². The van der Waals surface area contributed by atoms with Crippen LogP contribution >= 0.6 is 34.8 Å². The first-order valence-electron chi connectivity index (χ1n) is 12.3. The topological polar surface area (TPSA) is 174 Å². The average Bonchev–Trinajstić information content (AvgIpc) is 2.92. The molecule has 0 saturated carbocycles. The van der Waals surface area contributed by atoms with Crippen molar-refractivity contribution < 1.29 is 39.6 Å². The van der Waals surface area contributed by atoms with Crippen molar-refractivity contribution >= 4 is 86.8 Å². The fourth-order valence-electron chi connectivity index (χ4n) is 3.72. The first kappa shape index (κ1) is 33.0. The van der Waals surface area contributed by atoms with Crippen molar-refractivity contribution in [2.24, 2.45) is 0 Å². The Labute approximate surface area is 259 Å². The second-order valence-corrected chi connectivity index (χ2v) is 10.3. The average molecular weight is 646 g/mol. The molecule has 0 saturated heterocycles. The summed E-state index contributed by atoms with van der Waals surface area (Å²) in [5, 5.41) is 39.8. The number of ketones is 1. The van der Waals surface area contributed by atoms with Gasteiger partial charge >= 0.3 is 17.9 Å². The van der Waals surface area contributed by atoms with E-state index in [-0.39, 0.29) is 5.78 Å². The van der Waals surface area contributed by atoms with Gasteiger partial charge in [0.15, 0.2) is 11.4 Å². The summed E-state index contributed by atoms with van der Waals surface area (Å²) in [5.41, 5.74) is 1.15. The molecule has 222 valence electrons. The number of carboxylic acid groups (broad SMARTS) is 3. The quantitative estimate of drug-likeness (QED) is 0.0935. The Balaban J connectivity index is 0.000000331. The number of nitrogens with zero attached hydrogens (tertiary/aromatic N) is 1. The number of halogens is 3. The predicted molar refractivity (Wildman–Crippen MR) is 163 cm³/mol. The van der Waals surface area contributed by atoms with Crippen LogP contribution in [0, 0.1) is 0 Å². The van der Waals surface area contributed by atoms with Crippen LogP contribution in [-0.2, 0) is 14.4 Å². The molecule has 0 unspecified atom stereocenters. The van der Waals surface area contributed by atoms with Gasteiger partial charge in [-0.15, -0.1) is 0 Å². The zero-order valence-corrected chi connectivity index (χ0v) is 24.3. The number of benzene rings is 3. The first-order chi connectivity index (χ1) is 20.3. The van der Waals surface area contributed by atoms with Crippen LogP contribution in [-0.4, -0.2) is 54.7 Å².